The van der Waals surface area contributed by atoms with E-state index in [-0.39, 0.29) is 24.5 Å². The van der Waals surface area contributed by atoms with Crippen molar-refractivity contribution >= 4 is 12.1 Å². The van der Waals surface area contributed by atoms with Gasteiger partial charge in [-0.05, 0) is 5.56 Å². The van der Waals surface area contributed by atoms with Crippen molar-refractivity contribution in [2.24, 2.45) is 17.6 Å². The van der Waals surface area contributed by atoms with E-state index in [9.17, 15) is 14.7 Å². The van der Waals surface area contributed by atoms with Gasteiger partial charge in [-0.3, -0.25) is 4.90 Å². The lowest BCUT2D eigenvalue weighted by atomic mass is 9.92. The Kier molecular flexibility index (Phi) is 3.85. The molecule has 0 radical (unpaired) electrons. The van der Waals surface area contributed by atoms with Gasteiger partial charge in [-0.1, -0.05) is 42.5 Å². The fourth-order valence-electron chi connectivity index (χ4n) is 3.22. The summed E-state index contributed by atoms with van der Waals surface area (Å²) in [5.74, 6) is -1.31. The Labute approximate surface area is 128 Å². The van der Waals surface area contributed by atoms with Gasteiger partial charge >= 0.3 is 12.1 Å². The second-order valence-corrected chi connectivity index (χ2v) is 5.68. The molecule has 4 atom stereocenters. The maximum atomic E-state index is 12.2. The van der Waals surface area contributed by atoms with Crippen LogP contribution in [-0.4, -0.2) is 40.7 Å². The van der Waals surface area contributed by atoms with Gasteiger partial charge in [0.05, 0.1) is 0 Å². The van der Waals surface area contributed by atoms with E-state index in [0.717, 1.165) is 5.56 Å². The molecule has 1 aliphatic carbocycles. The van der Waals surface area contributed by atoms with Crippen LogP contribution in [0.15, 0.2) is 42.5 Å². The van der Waals surface area contributed by atoms with E-state index < -0.39 is 18.1 Å². The summed E-state index contributed by atoms with van der Waals surface area (Å²) in [6, 6.07) is 8.16. The number of benzene rings is 1. The van der Waals surface area contributed by atoms with Gasteiger partial charge in [0.2, 0.25) is 0 Å². The van der Waals surface area contributed by atoms with E-state index in [2.05, 4.69) is 0 Å². The third-order valence-corrected chi connectivity index (χ3v) is 4.34. The van der Waals surface area contributed by atoms with E-state index in [1.807, 2.05) is 36.4 Å². The topological polar surface area (TPSA) is 92.9 Å². The third-order valence-electron chi connectivity index (χ3n) is 4.34. The standard InChI is InChI=1S/C16H18N2O4/c17-13-7-6-11-12(13)8-18(14(11)15(19)20)16(21)22-9-10-4-2-1-3-5-10/h1-7,11-14H,8-9,17H2,(H,19,20)/t11-,12-,13?,14-/m0/s1. The first-order valence-corrected chi connectivity index (χ1v) is 7.22. The fourth-order valence-corrected chi connectivity index (χ4v) is 3.22. The van der Waals surface area contributed by atoms with Crippen molar-refractivity contribution in [2.75, 3.05) is 6.54 Å². The average Bonchev–Trinajstić information content (AvgIpc) is 3.06. The van der Waals surface area contributed by atoms with Gasteiger partial charge < -0.3 is 15.6 Å². The Bertz CT molecular complexity index is 601. The van der Waals surface area contributed by atoms with Crippen molar-refractivity contribution in [3.05, 3.63) is 48.0 Å². The maximum absolute atomic E-state index is 12.2. The molecule has 1 amide bonds. The summed E-state index contributed by atoms with van der Waals surface area (Å²) < 4.78 is 5.25. The molecule has 0 spiro atoms. The van der Waals surface area contributed by atoms with Gasteiger partial charge in [0.25, 0.3) is 0 Å². The molecule has 1 fully saturated rings. The average molecular weight is 302 g/mol. The molecule has 0 aromatic heterocycles. The number of hydrogen-bond donors (Lipinski definition) is 2. The molecule has 1 unspecified atom stereocenters. The molecule has 0 saturated carbocycles. The number of ether oxygens (including phenoxy) is 1. The number of amides is 1. The molecule has 3 N–H and O–H groups in total. The quantitative estimate of drug-likeness (QED) is 0.819. The Morgan fingerprint density at radius 2 is 2.00 bits per heavy atom. The largest absolute Gasteiger partial charge is 0.480 e. The SMILES string of the molecule is NC1C=C[C@H]2[C@@H]1CN(C(=O)OCc1ccccc1)[C@@H]2C(=O)O. The summed E-state index contributed by atoms with van der Waals surface area (Å²) in [6.07, 6.45) is 3.02. The van der Waals surface area contributed by atoms with Crippen LogP contribution in [0.2, 0.25) is 0 Å². The lowest BCUT2D eigenvalue weighted by Crippen LogP contribution is -2.43. The number of hydrogen-bond acceptors (Lipinski definition) is 4. The number of aliphatic carboxylic acids is 1. The predicted octanol–water partition coefficient (Wildman–Crippen LogP) is 1.22. The summed E-state index contributed by atoms with van der Waals surface area (Å²) >= 11 is 0. The zero-order valence-electron chi connectivity index (χ0n) is 12.0. The van der Waals surface area contributed by atoms with Crippen molar-refractivity contribution < 1.29 is 19.4 Å². The summed E-state index contributed by atoms with van der Waals surface area (Å²) in [5.41, 5.74) is 6.81. The molecule has 6 nitrogen and oxygen atoms in total. The van der Waals surface area contributed by atoms with E-state index in [4.69, 9.17) is 10.5 Å². The molecule has 2 aliphatic rings. The predicted molar refractivity (Wildman–Crippen MR) is 78.9 cm³/mol. The first-order chi connectivity index (χ1) is 10.6. The molecule has 3 rings (SSSR count). The van der Waals surface area contributed by atoms with Crippen LogP contribution in [0.3, 0.4) is 0 Å². The first kappa shape index (κ1) is 14.6. The van der Waals surface area contributed by atoms with Crippen LogP contribution in [-0.2, 0) is 16.1 Å². The fraction of sp³-hybridized carbons (Fsp3) is 0.375. The van der Waals surface area contributed by atoms with E-state index in [1.165, 1.54) is 4.90 Å². The number of nitrogens with zero attached hydrogens (tertiary/aromatic N) is 1. The lowest BCUT2D eigenvalue weighted by molar-refractivity contribution is -0.142. The smallest absolute Gasteiger partial charge is 0.410 e. The Morgan fingerprint density at radius 1 is 1.27 bits per heavy atom. The third kappa shape index (κ3) is 2.57. The summed E-state index contributed by atoms with van der Waals surface area (Å²) in [5, 5.41) is 9.43. The van der Waals surface area contributed by atoms with Crippen molar-refractivity contribution in [1.29, 1.82) is 0 Å². The maximum Gasteiger partial charge on any atom is 0.410 e. The molecule has 6 heteroatoms. The molecule has 1 heterocycles. The highest BCUT2D eigenvalue weighted by Crippen LogP contribution is 2.37. The number of likely N-dealkylation sites (tertiary alicyclic amines) is 1. The highest BCUT2D eigenvalue weighted by Gasteiger charge is 2.50. The van der Waals surface area contributed by atoms with Crippen molar-refractivity contribution in [2.45, 2.75) is 18.7 Å². The van der Waals surface area contributed by atoms with E-state index in [1.54, 1.807) is 6.08 Å². The zero-order chi connectivity index (χ0) is 15.7. The van der Waals surface area contributed by atoms with Crippen LogP contribution < -0.4 is 5.73 Å². The van der Waals surface area contributed by atoms with Gasteiger partial charge in [-0.25, -0.2) is 9.59 Å². The Balaban J connectivity index is 1.69. The Morgan fingerprint density at radius 3 is 2.68 bits per heavy atom. The Hall–Kier alpha value is -2.34. The zero-order valence-corrected chi connectivity index (χ0v) is 12.0. The molecule has 1 aliphatic heterocycles. The highest BCUT2D eigenvalue weighted by molar-refractivity contribution is 5.82. The minimum absolute atomic E-state index is 0.0506. The number of carbonyl (C=O) groups is 2. The van der Waals surface area contributed by atoms with Crippen molar-refractivity contribution in [3.8, 4) is 0 Å². The summed E-state index contributed by atoms with van der Waals surface area (Å²) in [4.78, 5) is 25.0. The second-order valence-electron chi connectivity index (χ2n) is 5.68. The lowest BCUT2D eigenvalue weighted by Gasteiger charge is -2.22. The minimum atomic E-state index is -1.03. The van der Waals surface area contributed by atoms with Crippen LogP contribution in [0.25, 0.3) is 0 Å². The van der Waals surface area contributed by atoms with Gasteiger partial charge in [-0.2, -0.15) is 0 Å². The number of carboxylic acids is 1. The number of carboxylic acid groups (broad SMARTS) is 1. The molecular weight excluding hydrogens is 284 g/mol. The highest BCUT2D eigenvalue weighted by atomic mass is 16.6. The van der Waals surface area contributed by atoms with Crippen LogP contribution >= 0.6 is 0 Å². The van der Waals surface area contributed by atoms with Gasteiger partial charge in [0.15, 0.2) is 0 Å². The van der Waals surface area contributed by atoms with Crippen LogP contribution in [0.1, 0.15) is 5.56 Å². The van der Waals surface area contributed by atoms with Crippen molar-refractivity contribution in [1.82, 2.24) is 4.90 Å². The number of rotatable bonds is 3. The number of fused-ring (bicyclic) bond motifs is 1. The van der Waals surface area contributed by atoms with Crippen LogP contribution in [0.5, 0.6) is 0 Å². The molecule has 116 valence electrons. The molecular formula is C16H18N2O4. The van der Waals surface area contributed by atoms with Gasteiger partial charge in [-0.15, -0.1) is 0 Å². The van der Waals surface area contributed by atoms with E-state index in [0.29, 0.717) is 6.54 Å². The molecule has 0 bridgehead atoms. The molecule has 1 aromatic carbocycles. The van der Waals surface area contributed by atoms with Crippen LogP contribution in [0, 0.1) is 11.8 Å². The number of carbonyl (C=O) groups excluding carboxylic acids is 1. The molecule has 1 saturated heterocycles. The monoisotopic (exact) mass is 302 g/mol. The number of nitrogens with two attached hydrogens (primary N) is 1. The summed E-state index contributed by atoms with van der Waals surface area (Å²) in [6.45, 7) is 0.434. The van der Waals surface area contributed by atoms with Crippen molar-refractivity contribution in [3.63, 3.8) is 0 Å². The first-order valence-electron chi connectivity index (χ1n) is 7.22. The normalized spacial score (nSPS) is 29.4. The van der Waals surface area contributed by atoms with Gasteiger partial charge in [0.1, 0.15) is 12.6 Å². The second kappa shape index (κ2) is 5.81. The minimum Gasteiger partial charge on any atom is -0.480 e. The van der Waals surface area contributed by atoms with Crippen LogP contribution in [0.4, 0.5) is 4.79 Å². The summed E-state index contributed by atoms with van der Waals surface area (Å²) in [7, 11) is 0. The molecule has 22 heavy (non-hydrogen) atoms. The molecule has 1 aromatic rings. The van der Waals surface area contributed by atoms with Gasteiger partial charge in [0, 0.05) is 24.4 Å². The van der Waals surface area contributed by atoms with E-state index >= 15 is 0 Å².